The van der Waals surface area contributed by atoms with Gasteiger partial charge in [0.05, 0.1) is 0 Å². The number of carbonyl (C=O) groups is 1. The molecule has 1 heterocycles. The lowest BCUT2D eigenvalue weighted by Gasteiger charge is -2.29. The molecule has 0 saturated heterocycles. The number of aryl methyl sites for hydroxylation is 1. The van der Waals surface area contributed by atoms with Crippen molar-refractivity contribution in [2.24, 2.45) is 5.11 Å². The first-order valence-corrected chi connectivity index (χ1v) is 6.84. The molecule has 104 valence electrons. The molecule has 0 fully saturated rings. The summed E-state index contributed by atoms with van der Waals surface area (Å²) in [7, 11) is 0. The maximum atomic E-state index is 12.7. The fourth-order valence-corrected chi connectivity index (χ4v) is 2.62. The highest BCUT2D eigenvalue weighted by atomic mass is 16.2. The van der Waals surface area contributed by atoms with Crippen molar-refractivity contribution >= 4 is 17.3 Å². The zero-order chi connectivity index (χ0) is 14.7. The van der Waals surface area contributed by atoms with Crippen LogP contribution >= 0.6 is 0 Å². The minimum absolute atomic E-state index is 0.0189. The lowest BCUT2D eigenvalue weighted by atomic mass is 10.0. The average molecular weight is 278 g/mol. The van der Waals surface area contributed by atoms with Crippen LogP contribution in [0.3, 0.4) is 0 Å². The second kappa shape index (κ2) is 5.69. The zero-order valence-corrected chi connectivity index (χ0v) is 11.4. The van der Waals surface area contributed by atoms with Gasteiger partial charge >= 0.3 is 0 Å². The first kappa shape index (κ1) is 13.2. The molecule has 0 spiro atoms. The number of amides is 1. The van der Waals surface area contributed by atoms with Crippen molar-refractivity contribution in [3.8, 4) is 0 Å². The summed E-state index contributed by atoms with van der Waals surface area (Å²) in [6.45, 7) is 0.730. The third-order valence-electron chi connectivity index (χ3n) is 3.63. The standard InChI is InChI=1S/C16H14N4O/c17-19-18-14-9-7-13(8-10-14)16(21)20-11-3-5-12-4-1-2-6-15(12)20/h1-2,4,6-10H,3,5,11H2. The van der Waals surface area contributed by atoms with Crippen LogP contribution < -0.4 is 4.90 Å². The second-order valence-corrected chi connectivity index (χ2v) is 4.93. The molecular formula is C16H14N4O. The number of para-hydroxylation sites is 1. The number of rotatable bonds is 2. The van der Waals surface area contributed by atoms with Crippen LogP contribution in [0.15, 0.2) is 53.6 Å². The quantitative estimate of drug-likeness (QED) is 0.460. The molecule has 1 aliphatic rings. The second-order valence-electron chi connectivity index (χ2n) is 4.93. The maximum absolute atomic E-state index is 12.7. The van der Waals surface area contributed by atoms with Gasteiger partial charge in [0.25, 0.3) is 5.91 Å². The number of carbonyl (C=O) groups excluding carboxylic acids is 1. The van der Waals surface area contributed by atoms with Gasteiger partial charge in [-0.2, -0.15) is 0 Å². The van der Waals surface area contributed by atoms with Gasteiger partial charge in [-0.05, 0) is 42.1 Å². The Morgan fingerprint density at radius 2 is 1.90 bits per heavy atom. The molecule has 5 nitrogen and oxygen atoms in total. The van der Waals surface area contributed by atoms with Crippen molar-refractivity contribution in [1.29, 1.82) is 0 Å². The lowest BCUT2D eigenvalue weighted by molar-refractivity contribution is 0.0985. The Kier molecular flexibility index (Phi) is 3.58. The van der Waals surface area contributed by atoms with E-state index in [4.69, 9.17) is 5.53 Å². The van der Waals surface area contributed by atoms with Crippen molar-refractivity contribution in [2.75, 3.05) is 11.4 Å². The Balaban J connectivity index is 1.91. The molecule has 5 heteroatoms. The molecule has 0 radical (unpaired) electrons. The Hall–Kier alpha value is -2.78. The number of fused-ring (bicyclic) bond motifs is 1. The van der Waals surface area contributed by atoms with Crippen LogP contribution in [0.5, 0.6) is 0 Å². The zero-order valence-electron chi connectivity index (χ0n) is 11.4. The lowest BCUT2D eigenvalue weighted by Crippen LogP contribution is -2.35. The molecule has 0 saturated carbocycles. The summed E-state index contributed by atoms with van der Waals surface area (Å²) >= 11 is 0. The first-order chi connectivity index (χ1) is 10.3. The van der Waals surface area contributed by atoms with E-state index in [1.807, 2.05) is 23.1 Å². The predicted octanol–water partition coefficient (Wildman–Crippen LogP) is 4.22. The molecule has 1 amide bonds. The molecule has 2 aromatic rings. The fourth-order valence-electron chi connectivity index (χ4n) is 2.62. The third-order valence-corrected chi connectivity index (χ3v) is 3.63. The number of benzene rings is 2. The van der Waals surface area contributed by atoms with E-state index >= 15 is 0 Å². The predicted molar refractivity (Wildman–Crippen MR) is 81.7 cm³/mol. The van der Waals surface area contributed by atoms with Gasteiger partial charge in [-0.1, -0.05) is 35.4 Å². The number of azide groups is 1. The van der Waals surface area contributed by atoms with Crippen LogP contribution in [-0.4, -0.2) is 12.5 Å². The van der Waals surface area contributed by atoms with E-state index in [2.05, 4.69) is 16.1 Å². The third kappa shape index (κ3) is 2.59. The molecule has 1 aliphatic heterocycles. The summed E-state index contributed by atoms with van der Waals surface area (Å²) in [5, 5.41) is 3.51. The molecule has 0 aromatic heterocycles. The van der Waals surface area contributed by atoms with Gasteiger partial charge in [0.15, 0.2) is 0 Å². The molecule has 0 bridgehead atoms. The minimum atomic E-state index is -0.0189. The Labute approximate surface area is 122 Å². The van der Waals surface area contributed by atoms with Crippen LogP contribution in [0.25, 0.3) is 10.4 Å². The van der Waals surface area contributed by atoms with E-state index in [9.17, 15) is 4.79 Å². The van der Waals surface area contributed by atoms with E-state index in [-0.39, 0.29) is 5.91 Å². The van der Waals surface area contributed by atoms with Gasteiger partial charge in [-0.15, -0.1) is 0 Å². The van der Waals surface area contributed by atoms with E-state index in [1.54, 1.807) is 24.3 Å². The summed E-state index contributed by atoms with van der Waals surface area (Å²) in [5.74, 6) is -0.0189. The number of anilines is 1. The Bertz CT molecular complexity index is 717. The van der Waals surface area contributed by atoms with Gasteiger partial charge in [-0.25, -0.2) is 0 Å². The highest BCUT2D eigenvalue weighted by Crippen LogP contribution is 2.28. The van der Waals surface area contributed by atoms with Gasteiger partial charge in [-0.3, -0.25) is 4.79 Å². The Morgan fingerprint density at radius 1 is 1.14 bits per heavy atom. The van der Waals surface area contributed by atoms with Gasteiger partial charge in [0.2, 0.25) is 0 Å². The summed E-state index contributed by atoms with van der Waals surface area (Å²) in [4.78, 5) is 17.2. The summed E-state index contributed by atoms with van der Waals surface area (Å²) in [6, 6.07) is 14.7. The minimum Gasteiger partial charge on any atom is -0.308 e. The normalized spacial score (nSPS) is 13.2. The van der Waals surface area contributed by atoms with E-state index in [0.29, 0.717) is 11.3 Å². The average Bonchev–Trinajstić information content (AvgIpc) is 2.55. The van der Waals surface area contributed by atoms with Gasteiger partial charge < -0.3 is 4.90 Å². The highest BCUT2D eigenvalue weighted by molar-refractivity contribution is 6.06. The van der Waals surface area contributed by atoms with Crippen LogP contribution in [0.2, 0.25) is 0 Å². The summed E-state index contributed by atoms with van der Waals surface area (Å²) in [6.07, 6.45) is 1.98. The Morgan fingerprint density at radius 3 is 2.67 bits per heavy atom. The maximum Gasteiger partial charge on any atom is 0.258 e. The fraction of sp³-hybridized carbons (Fsp3) is 0.188. The van der Waals surface area contributed by atoms with Crippen LogP contribution in [0, 0.1) is 0 Å². The molecule has 0 unspecified atom stereocenters. The molecule has 21 heavy (non-hydrogen) atoms. The number of hydrogen-bond donors (Lipinski definition) is 0. The first-order valence-electron chi connectivity index (χ1n) is 6.84. The molecule has 3 rings (SSSR count). The van der Waals surface area contributed by atoms with Crippen molar-refractivity contribution in [3.05, 3.63) is 70.1 Å². The summed E-state index contributed by atoms with van der Waals surface area (Å²) < 4.78 is 0. The smallest absolute Gasteiger partial charge is 0.258 e. The topological polar surface area (TPSA) is 69.1 Å². The molecule has 0 atom stereocenters. The highest BCUT2D eigenvalue weighted by Gasteiger charge is 2.22. The number of hydrogen-bond acceptors (Lipinski definition) is 2. The molecule has 2 aromatic carbocycles. The molecule has 0 N–H and O–H groups in total. The molecular weight excluding hydrogens is 264 g/mol. The SMILES string of the molecule is [N-]=[N+]=Nc1ccc(C(=O)N2CCCc3ccccc32)cc1. The van der Waals surface area contributed by atoms with Gasteiger partial charge in [0.1, 0.15) is 0 Å². The van der Waals surface area contributed by atoms with Crippen molar-refractivity contribution < 1.29 is 4.79 Å². The number of nitrogens with zero attached hydrogens (tertiary/aromatic N) is 4. The summed E-state index contributed by atoms with van der Waals surface area (Å²) in [5.41, 5.74) is 11.7. The van der Waals surface area contributed by atoms with Crippen LogP contribution in [0.4, 0.5) is 11.4 Å². The molecule has 0 aliphatic carbocycles. The van der Waals surface area contributed by atoms with Crippen molar-refractivity contribution in [3.63, 3.8) is 0 Å². The largest absolute Gasteiger partial charge is 0.308 e. The van der Waals surface area contributed by atoms with Crippen molar-refractivity contribution in [1.82, 2.24) is 0 Å². The van der Waals surface area contributed by atoms with Gasteiger partial charge in [0, 0.05) is 28.4 Å². The van der Waals surface area contributed by atoms with Crippen LogP contribution in [0.1, 0.15) is 22.3 Å². The van der Waals surface area contributed by atoms with E-state index < -0.39 is 0 Å². The monoisotopic (exact) mass is 278 g/mol. The van der Waals surface area contributed by atoms with Crippen molar-refractivity contribution in [2.45, 2.75) is 12.8 Å². The van der Waals surface area contributed by atoms with E-state index in [1.165, 1.54) is 5.56 Å². The van der Waals surface area contributed by atoms with E-state index in [0.717, 1.165) is 25.1 Å². The van der Waals surface area contributed by atoms with Crippen LogP contribution in [-0.2, 0) is 6.42 Å².